The van der Waals surface area contributed by atoms with Crippen molar-refractivity contribution in [3.05, 3.63) is 59.7 Å². The van der Waals surface area contributed by atoms with Crippen molar-refractivity contribution in [2.24, 2.45) is 5.10 Å². The second-order valence-electron chi connectivity index (χ2n) is 5.41. The van der Waals surface area contributed by atoms with Gasteiger partial charge in [0.2, 0.25) is 0 Å². The molecule has 0 heterocycles. The zero-order valence-electron chi connectivity index (χ0n) is 14.3. The summed E-state index contributed by atoms with van der Waals surface area (Å²) in [5.74, 6) is 0.612. The summed E-state index contributed by atoms with van der Waals surface area (Å²) in [7, 11) is 0. The molecule has 0 unspecified atom stereocenters. The maximum Gasteiger partial charge on any atom is 0.259 e. The van der Waals surface area contributed by atoms with Gasteiger partial charge >= 0.3 is 0 Å². The van der Waals surface area contributed by atoms with Gasteiger partial charge in [0, 0.05) is 5.69 Å². The molecule has 0 fully saturated rings. The van der Waals surface area contributed by atoms with E-state index < -0.39 is 0 Å². The summed E-state index contributed by atoms with van der Waals surface area (Å²) in [4.78, 5) is 11.9. The van der Waals surface area contributed by atoms with E-state index in [1.54, 1.807) is 0 Å². The summed E-state index contributed by atoms with van der Waals surface area (Å²) < 4.78 is 5.38. The number of hydrogen-bond acceptors (Lipinski definition) is 4. The fourth-order valence-corrected chi connectivity index (χ4v) is 2.06. The van der Waals surface area contributed by atoms with Crippen molar-refractivity contribution in [3.8, 4) is 5.75 Å². The molecule has 2 aromatic rings. The minimum atomic E-state index is -0.199. The standard InChI is InChI=1S/C19H23N3O2/c1-4-24-18-11-9-17(10-12-18)20-13-19(23)22-21-15(3)16-7-5-14(2)6-8-16/h5-12,20H,4,13H2,1-3H3,(H,22,23)/b21-15+. The Hall–Kier alpha value is -2.82. The van der Waals surface area contributed by atoms with E-state index in [2.05, 4.69) is 15.8 Å². The van der Waals surface area contributed by atoms with E-state index in [1.165, 1.54) is 5.56 Å². The third-order valence-electron chi connectivity index (χ3n) is 3.44. The number of ether oxygens (including phenoxy) is 1. The molecule has 0 bridgehead atoms. The molecule has 5 heteroatoms. The second-order valence-corrected chi connectivity index (χ2v) is 5.41. The van der Waals surface area contributed by atoms with Crippen LogP contribution in [-0.2, 0) is 4.79 Å². The van der Waals surface area contributed by atoms with E-state index in [0.29, 0.717) is 6.61 Å². The summed E-state index contributed by atoms with van der Waals surface area (Å²) in [5.41, 5.74) is 6.36. The van der Waals surface area contributed by atoms with E-state index >= 15 is 0 Å². The second kappa shape index (κ2) is 8.72. The van der Waals surface area contributed by atoms with Crippen LogP contribution < -0.4 is 15.5 Å². The Morgan fingerprint density at radius 1 is 1.08 bits per heavy atom. The van der Waals surface area contributed by atoms with Crippen LogP contribution in [0.2, 0.25) is 0 Å². The third-order valence-corrected chi connectivity index (χ3v) is 3.44. The number of nitrogens with zero attached hydrogens (tertiary/aromatic N) is 1. The number of benzene rings is 2. The zero-order valence-corrected chi connectivity index (χ0v) is 14.3. The number of aryl methyl sites for hydroxylation is 1. The van der Waals surface area contributed by atoms with E-state index in [1.807, 2.05) is 69.3 Å². The number of nitrogens with one attached hydrogen (secondary N) is 2. The molecule has 0 radical (unpaired) electrons. The van der Waals surface area contributed by atoms with Crippen LogP contribution in [0.1, 0.15) is 25.0 Å². The van der Waals surface area contributed by atoms with Crippen LogP contribution in [0.4, 0.5) is 5.69 Å². The molecular formula is C19H23N3O2. The Morgan fingerprint density at radius 3 is 2.38 bits per heavy atom. The lowest BCUT2D eigenvalue weighted by Gasteiger charge is -2.08. The zero-order chi connectivity index (χ0) is 17.4. The first-order chi connectivity index (χ1) is 11.6. The minimum Gasteiger partial charge on any atom is -0.494 e. The first-order valence-corrected chi connectivity index (χ1v) is 7.95. The van der Waals surface area contributed by atoms with Crippen LogP contribution >= 0.6 is 0 Å². The average molecular weight is 325 g/mol. The quantitative estimate of drug-likeness (QED) is 0.606. The molecule has 0 atom stereocenters. The number of carbonyl (C=O) groups excluding carboxylic acids is 1. The molecule has 5 nitrogen and oxygen atoms in total. The molecule has 0 saturated heterocycles. The molecular weight excluding hydrogens is 302 g/mol. The maximum atomic E-state index is 11.9. The van der Waals surface area contributed by atoms with Crippen LogP contribution in [-0.4, -0.2) is 24.8 Å². The molecule has 2 N–H and O–H groups in total. The van der Waals surface area contributed by atoms with Crippen molar-refractivity contribution in [2.75, 3.05) is 18.5 Å². The van der Waals surface area contributed by atoms with Crippen LogP contribution in [0.15, 0.2) is 53.6 Å². The minimum absolute atomic E-state index is 0.151. The molecule has 0 aliphatic heterocycles. The molecule has 24 heavy (non-hydrogen) atoms. The lowest BCUT2D eigenvalue weighted by molar-refractivity contribution is -0.119. The maximum absolute atomic E-state index is 11.9. The van der Waals surface area contributed by atoms with Gasteiger partial charge in [0.1, 0.15) is 5.75 Å². The van der Waals surface area contributed by atoms with Crippen molar-refractivity contribution in [2.45, 2.75) is 20.8 Å². The van der Waals surface area contributed by atoms with Crippen LogP contribution in [0.25, 0.3) is 0 Å². The molecule has 0 aliphatic rings. The van der Waals surface area contributed by atoms with E-state index in [4.69, 9.17) is 4.74 Å². The monoisotopic (exact) mass is 325 g/mol. The highest BCUT2D eigenvalue weighted by molar-refractivity contribution is 5.99. The summed E-state index contributed by atoms with van der Waals surface area (Å²) in [6.07, 6.45) is 0. The molecule has 2 aromatic carbocycles. The van der Waals surface area contributed by atoms with E-state index in [0.717, 1.165) is 22.7 Å². The number of anilines is 1. The average Bonchev–Trinajstić information content (AvgIpc) is 2.60. The predicted molar refractivity (Wildman–Crippen MR) is 97.6 cm³/mol. The number of amides is 1. The number of hydrogen-bond donors (Lipinski definition) is 2. The fraction of sp³-hybridized carbons (Fsp3) is 0.263. The molecule has 0 saturated carbocycles. The smallest absolute Gasteiger partial charge is 0.259 e. The van der Waals surface area contributed by atoms with Crippen LogP contribution in [0.5, 0.6) is 5.75 Å². The SMILES string of the molecule is CCOc1ccc(NCC(=O)N/N=C(\C)c2ccc(C)cc2)cc1. The Morgan fingerprint density at radius 2 is 1.75 bits per heavy atom. The lowest BCUT2D eigenvalue weighted by atomic mass is 10.1. The summed E-state index contributed by atoms with van der Waals surface area (Å²) in [6.45, 7) is 6.62. The van der Waals surface area contributed by atoms with Gasteiger partial charge < -0.3 is 10.1 Å². The third kappa shape index (κ3) is 5.43. The van der Waals surface area contributed by atoms with Crippen molar-refractivity contribution < 1.29 is 9.53 Å². The van der Waals surface area contributed by atoms with Crippen LogP contribution in [0.3, 0.4) is 0 Å². The first kappa shape index (κ1) is 17.5. The molecule has 0 aromatic heterocycles. The van der Waals surface area contributed by atoms with Crippen molar-refractivity contribution >= 4 is 17.3 Å². The van der Waals surface area contributed by atoms with E-state index in [-0.39, 0.29) is 12.5 Å². The highest BCUT2D eigenvalue weighted by Gasteiger charge is 2.02. The molecule has 0 spiro atoms. The van der Waals surface area contributed by atoms with Gasteiger partial charge in [0.15, 0.2) is 0 Å². The Kier molecular flexibility index (Phi) is 6.37. The van der Waals surface area contributed by atoms with Gasteiger partial charge in [0.25, 0.3) is 5.91 Å². The molecule has 0 aliphatic carbocycles. The molecule has 2 rings (SSSR count). The van der Waals surface area contributed by atoms with Crippen LogP contribution in [0, 0.1) is 6.92 Å². The van der Waals surface area contributed by atoms with Gasteiger partial charge in [-0.05, 0) is 50.6 Å². The number of carbonyl (C=O) groups is 1. The van der Waals surface area contributed by atoms with Gasteiger partial charge in [-0.25, -0.2) is 5.43 Å². The van der Waals surface area contributed by atoms with Crippen molar-refractivity contribution in [1.29, 1.82) is 0 Å². The topological polar surface area (TPSA) is 62.7 Å². The fourth-order valence-electron chi connectivity index (χ4n) is 2.06. The van der Waals surface area contributed by atoms with Gasteiger partial charge in [0.05, 0.1) is 18.9 Å². The Labute approximate surface area is 142 Å². The molecule has 126 valence electrons. The van der Waals surface area contributed by atoms with Gasteiger partial charge in [-0.15, -0.1) is 0 Å². The van der Waals surface area contributed by atoms with Crippen molar-refractivity contribution in [3.63, 3.8) is 0 Å². The van der Waals surface area contributed by atoms with Gasteiger partial charge in [-0.2, -0.15) is 5.10 Å². The van der Waals surface area contributed by atoms with Gasteiger partial charge in [-0.3, -0.25) is 4.79 Å². The van der Waals surface area contributed by atoms with Gasteiger partial charge in [-0.1, -0.05) is 29.8 Å². The highest BCUT2D eigenvalue weighted by Crippen LogP contribution is 2.15. The summed E-state index contributed by atoms with van der Waals surface area (Å²) in [5, 5.41) is 7.18. The Balaban J connectivity index is 1.82. The van der Waals surface area contributed by atoms with Crippen molar-refractivity contribution in [1.82, 2.24) is 5.43 Å². The summed E-state index contributed by atoms with van der Waals surface area (Å²) in [6, 6.07) is 15.5. The number of rotatable bonds is 7. The number of hydrazone groups is 1. The normalized spacial score (nSPS) is 11.0. The summed E-state index contributed by atoms with van der Waals surface area (Å²) >= 11 is 0. The Bertz CT molecular complexity index is 692. The predicted octanol–water partition coefficient (Wildman–Crippen LogP) is 3.35. The van der Waals surface area contributed by atoms with E-state index in [9.17, 15) is 4.79 Å². The highest BCUT2D eigenvalue weighted by atomic mass is 16.5. The molecule has 1 amide bonds. The lowest BCUT2D eigenvalue weighted by Crippen LogP contribution is -2.26. The first-order valence-electron chi connectivity index (χ1n) is 7.95. The largest absolute Gasteiger partial charge is 0.494 e.